The van der Waals surface area contributed by atoms with Gasteiger partial charge in [-0.25, -0.2) is 9.48 Å². The van der Waals surface area contributed by atoms with E-state index in [1.165, 1.54) is 0 Å². The highest BCUT2D eigenvalue weighted by molar-refractivity contribution is 5.90. The van der Waals surface area contributed by atoms with Crippen molar-refractivity contribution >= 4 is 11.7 Å². The number of hydrogen-bond acceptors (Lipinski definition) is 3. The van der Waals surface area contributed by atoms with Gasteiger partial charge in [-0.15, -0.1) is 0 Å². The van der Waals surface area contributed by atoms with Gasteiger partial charge in [-0.1, -0.05) is 13.8 Å². The van der Waals surface area contributed by atoms with Crippen LogP contribution in [0.2, 0.25) is 0 Å². The molecule has 1 fully saturated rings. The van der Waals surface area contributed by atoms with E-state index in [0.29, 0.717) is 12.5 Å². The van der Waals surface area contributed by atoms with Gasteiger partial charge in [0.1, 0.15) is 0 Å². The second-order valence-corrected chi connectivity index (χ2v) is 7.29. The van der Waals surface area contributed by atoms with E-state index in [4.69, 9.17) is 4.74 Å². The molecule has 0 saturated carbocycles. The third kappa shape index (κ3) is 4.64. The molecule has 0 spiro atoms. The monoisotopic (exact) mass is 356 g/mol. The summed E-state index contributed by atoms with van der Waals surface area (Å²) in [6.45, 7) is 8.54. The van der Waals surface area contributed by atoms with Crippen LogP contribution in [0.25, 0.3) is 5.69 Å². The molecule has 1 aliphatic rings. The van der Waals surface area contributed by atoms with Gasteiger partial charge in [-0.2, -0.15) is 5.10 Å². The first-order valence-electron chi connectivity index (χ1n) is 9.31. The van der Waals surface area contributed by atoms with Gasteiger partial charge in [0.25, 0.3) is 0 Å². The summed E-state index contributed by atoms with van der Waals surface area (Å²) in [4.78, 5) is 14.4. The minimum absolute atomic E-state index is 0.0603. The number of aryl methyl sites for hydroxylation is 1. The topological polar surface area (TPSA) is 59.4 Å². The van der Waals surface area contributed by atoms with Crippen LogP contribution in [-0.4, -0.2) is 46.5 Å². The molecule has 1 aromatic heterocycles. The molecule has 0 radical (unpaired) electrons. The van der Waals surface area contributed by atoms with Crippen molar-refractivity contribution in [2.75, 3.05) is 25.0 Å². The third-order valence-electron chi connectivity index (χ3n) is 4.70. The summed E-state index contributed by atoms with van der Waals surface area (Å²) >= 11 is 0. The number of rotatable bonds is 6. The number of urea groups is 1. The first-order valence-corrected chi connectivity index (χ1v) is 9.31. The molecule has 1 aromatic carbocycles. The molecule has 1 atom stereocenters. The highest BCUT2D eigenvalue weighted by Crippen LogP contribution is 2.21. The van der Waals surface area contributed by atoms with Crippen LogP contribution in [0, 0.1) is 12.8 Å². The molecule has 140 valence electrons. The molecule has 0 unspecified atom stereocenters. The Bertz CT molecular complexity index is 727. The number of carbonyl (C=O) groups is 1. The lowest BCUT2D eigenvalue weighted by Crippen LogP contribution is -2.34. The first kappa shape index (κ1) is 18.5. The van der Waals surface area contributed by atoms with E-state index in [1.54, 1.807) is 10.9 Å². The van der Waals surface area contributed by atoms with Gasteiger partial charge < -0.3 is 15.0 Å². The largest absolute Gasteiger partial charge is 0.376 e. The van der Waals surface area contributed by atoms with Gasteiger partial charge >= 0.3 is 6.03 Å². The van der Waals surface area contributed by atoms with E-state index >= 15 is 0 Å². The number of nitrogens with one attached hydrogen (secondary N) is 1. The smallest absolute Gasteiger partial charge is 0.321 e. The second-order valence-electron chi connectivity index (χ2n) is 7.29. The van der Waals surface area contributed by atoms with E-state index in [0.717, 1.165) is 42.9 Å². The summed E-state index contributed by atoms with van der Waals surface area (Å²) in [5.41, 5.74) is 2.82. The predicted octanol–water partition coefficient (Wildman–Crippen LogP) is 3.85. The van der Waals surface area contributed by atoms with E-state index in [9.17, 15) is 4.79 Å². The zero-order valence-electron chi connectivity index (χ0n) is 15.8. The van der Waals surface area contributed by atoms with Crippen molar-refractivity contribution in [3.8, 4) is 5.69 Å². The van der Waals surface area contributed by atoms with Crippen molar-refractivity contribution < 1.29 is 9.53 Å². The van der Waals surface area contributed by atoms with Crippen LogP contribution in [0.15, 0.2) is 36.7 Å². The van der Waals surface area contributed by atoms with Crippen molar-refractivity contribution in [1.29, 1.82) is 0 Å². The molecule has 1 N–H and O–H groups in total. The van der Waals surface area contributed by atoms with E-state index in [1.807, 2.05) is 42.3 Å². The van der Waals surface area contributed by atoms with E-state index < -0.39 is 0 Å². The Hall–Kier alpha value is -2.34. The average Bonchev–Trinajstić information content (AvgIpc) is 3.28. The molecule has 2 amide bonds. The van der Waals surface area contributed by atoms with E-state index in [2.05, 4.69) is 24.3 Å². The minimum atomic E-state index is -0.0603. The molecule has 0 bridgehead atoms. The zero-order chi connectivity index (χ0) is 18.5. The number of anilines is 1. The fourth-order valence-corrected chi connectivity index (χ4v) is 3.07. The van der Waals surface area contributed by atoms with Gasteiger partial charge in [0.15, 0.2) is 0 Å². The summed E-state index contributed by atoms with van der Waals surface area (Å²) in [7, 11) is 0. The van der Waals surface area contributed by atoms with Gasteiger partial charge in [0.2, 0.25) is 0 Å². The molecule has 0 aliphatic carbocycles. The molecule has 2 aromatic rings. The van der Waals surface area contributed by atoms with Gasteiger partial charge in [-0.3, -0.25) is 0 Å². The normalized spacial score (nSPS) is 17.1. The van der Waals surface area contributed by atoms with Crippen molar-refractivity contribution in [1.82, 2.24) is 14.7 Å². The fourth-order valence-electron chi connectivity index (χ4n) is 3.07. The molecular formula is C20H28N4O2. The number of hydrogen-bond donors (Lipinski definition) is 1. The summed E-state index contributed by atoms with van der Waals surface area (Å²) in [5.74, 6) is 0.642. The van der Waals surface area contributed by atoms with Crippen LogP contribution in [-0.2, 0) is 4.74 Å². The summed E-state index contributed by atoms with van der Waals surface area (Å²) in [5, 5.41) is 7.25. The lowest BCUT2D eigenvalue weighted by molar-refractivity contribution is 0.0547. The van der Waals surface area contributed by atoms with Crippen LogP contribution in [0.1, 0.15) is 32.3 Å². The zero-order valence-corrected chi connectivity index (χ0v) is 15.8. The second kappa shape index (κ2) is 8.36. The number of amides is 2. The Labute approximate surface area is 155 Å². The standard InChI is InChI=1S/C20H28N4O2/c1-15(2)8-12-26-18-7-11-23(14-18)20(25)22-19-6-5-17(13-16(19)3)24-10-4-9-21-24/h4-6,9-10,13,15,18H,7-8,11-12,14H2,1-3H3,(H,22,25)/t18-/m1/s1. The minimum Gasteiger partial charge on any atom is -0.376 e. The number of ether oxygens (including phenoxy) is 1. The van der Waals surface area contributed by atoms with Crippen LogP contribution in [0.5, 0.6) is 0 Å². The highest BCUT2D eigenvalue weighted by Gasteiger charge is 2.27. The van der Waals surface area contributed by atoms with Crippen LogP contribution < -0.4 is 5.32 Å². The highest BCUT2D eigenvalue weighted by atomic mass is 16.5. The quantitative estimate of drug-likeness (QED) is 0.855. The van der Waals surface area contributed by atoms with Gasteiger partial charge in [-0.05, 0) is 55.5 Å². The maximum Gasteiger partial charge on any atom is 0.321 e. The number of likely N-dealkylation sites (tertiary alicyclic amines) is 1. The SMILES string of the molecule is Cc1cc(-n2cccn2)ccc1NC(=O)N1CC[C@@H](OCCC(C)C)C1. The number of benzene rings is 1. The van der Waals surface area contributed by atoms with Gasteiger partial charge in [0, 0.05) is 37.8 Å². The van der Waals surface area contributed by atoms with Crippen LogP contribution >= 0.6 is 0 Å². The van der Waals surface area contributed by atoms with Crippen molar-refractivity contribution in [3.63, 3.8) is 0 Å². The van der Waals surface area contributed by atoms with Crippen molar-refractivity contribution in [3.05, 3.63) is 42.2 Å². The molecule has 3 rings (SSSR count). The molecular weight excluding hydrogens is 328 g/mol. The lowest BCUT2D eigenvalue weighted by atomic mass is 10.1. The molecule has 1 saturated heterocycles. The average molecular weight is 356 g/mol. The fraction of sp³-hybridized carbons (Fsp3) is 0.500. The summed E-state index contributed by atoms with van der Waals surface area (Å²) in [6, 6.07) is 7.73. The van der Waals surface area contributed by atoms with Crippen LogP contribution in [0.3, 0.4) is 0 Å². The molecule has 6 heteroatoms. The maximum atomic E-state index is 12.5. The Balaban J connectivity index is 1.53. The van der Waals surface area contributed by atoms with E-state index in [-0.39, 0.29) is 12.1 Å². The number of carbonyl (C=O) groups excluding carboxylic acids is 1. The number of aromatic nitrogens is 2. The Kier molecular flexibility index (Phi) is 5.93. The Morgan fingerprint density at radius 1 is 1.42 bits per heavy atom. The summed E-state index contributed by atoms with van der Waals surface area (Å²) < 4.78 is 7.70. The number of nitrogens with zero attached hydrogens (tertiary/aromatic N) is 3. The molecule has 1 aliphatic heterocycles. The molecule has 2 heterocycles. The third-order valence-corrected chi connectivity index (χ3v) is 4.70. The van der Waals surface area contributed by atoms with Crippen molar-refractivity contribution in [2.45, 2.75) is 39.7 Å². The van der Waals surface area contributed by atoms with Gasteiger partial charge in [0.05, 0.1) is 11.8 Å². The lowest BCUT2D eigenvalue weighted by Gasteiger charge is -2.19. The Morgan fingerprint density at radius 3 is 2.96 bits per heavy atom. The summed E-state index contributed by atoms with van der Waals surface area (Å²) in [6.07, 6.45) is 5.77. The first-order chi connectivity index (χ1) is 12.5. The predicted molar refractivity (Wildman–Crippen MR) is 103 cm³/mol. The Morgan fingerprint density at radius 2 is 2.27 bits per heavy atom. The maximum absolute atomic E-state index is 12.5. The molecule has 26 heavy (non-hydrogen) atoms. The van der Waals surface area contributed by atoms with Crippen molar-refractivity contribution in [2.24, 2.45) is 5.92 Å². The molecule has 6 nitrogen and oxygen atoms in total. The van der Waals surface area contributed by atoms with Crippen LogP contribution in [0.4, 0.5) is 10.5 Å².